The fraction of sp³-hybridized carbons (Fsp3) is 0.364. The number of hydrogen-bond donors (Lipinski definition) is 1. The predicted molar refractivity (Wildman–Crippen MR) is 54.8 cm³/mol. The number of hydrogen-bond acceptors (Lipinski definition) is 2. The van der Waals surface area contributed by atoms with Gasteiger partial charge in [-0.3, -0.25) is 0 Å². The summed E-state index contributed by atoms with van der Waals surface area (Å²) in [6.45, 7) is 1.20. The molecule has 1 unspecified atom stereocenters. The van der Waals surface area contributed by atoms with E-state index >= 15 is 0 Å². The fourth-order valence-electron chi connectivity index (χ4n) is 2.32. The zero-order chi connectivity index (χ0) is 10.5. The van der Waals surface area contributed by atoms with E-state index in [1.54, 1.807) is 11.9 Å². The number of carbonyl (C=O) groups excluding carboxylic acids is 1. The molecule has 1 atom stereocenters. The molecule has 3 rings (SSSR count). The Morgan fingerprint density at radius 1 is 1.47 bits per heavy atom. The lowest BCUT2D eigenvalue weighted by molar-refractivity contribution is 0.225. The molecule has 1 spiro atoms. The van der Waals surface area contributed by atoms with Crippen LogP contribution in [-0.4, -0.2) is 31.1 Å². The van der Waals surface area contributed by atoms with Crippen LogP contribution in [0.3, 0.4) is 0 Å². The molecule has 1 fully saturated rings. The Bertz CT molecular complexity index is 432. The highest BCUT2D eigenvalue weighted by atomic mass is 16.5. The van der Waals surface area contributed by atoms with E-state index in [4.69, 9.17) is 4.74 Å². The number of likely N-dealkylation sites (N-methyl/N-ethyl adjacent to an activating group) is 1. The number of ether oxygens (including phenoxy) is 1. The zero-order valence-electron chi connectivity index (χ0n) is 8.49. The van der Waals surface area contributed by atoms with Crippen molar-refractivity contribution in [1.29, 1.82) is 0 Å². The van der Waals surface area contributed by atoms with Gasteiger partial charge in [0.15, 0.2) is 0 Å². The van der Waals surface area contributed by atoms with Crippen molar-refractivity contribution in [3.05, 3.63) is 29.8 Å². The number of nitrogens with zero attached hydrogens (tertiary/aromatic N) is 1. The predicted octanol–water partition coefficient (Wildman–Crippen LogP) is 0.929. The molecule has 0 saturated carbocycles. The second kappa shape index (κ2) is 2.66. The van der Waals surface area contributed by atoms with Crippen molar-refractivity contribution in [3.63, 3.8) is 0 Å². The molecule has 0 aromatic heterocycles. The van der Waals surface area contributed by atoms with Gasteiger partial charge in [-0.05, 0) is 6.07 Å². The van der Waals surface area contributed by atoms with Gasteiger partial charge in [-0.15, -0.1) is 0 Å². The summed E-state index contributed by atoms with van der Waals surface area (Å²) < 4.78 is 5.59. The lowest BCUT2D eigenvalue weighted by Crippen LogP contribution is -2.41. The summed E-state index contributed by atoms with van der Waals surface area (Å²) >= 11 is 0. The van der Waals surface area contributed by atoms with Crippen LogP contribution in [0.25, 0.3) is 0 Å². The third kappa shape index (κ3) is 1.04. The van der Waals surface area contributed by atoms with Crippen molar-refractivity contribution < 1.29 is 9.53 Å². The average molecular weight is 204 g/mol. The molecule has 4 heteroatoms. The molecule has 2 heterocycles. The molecule has 0 radical (unpaired) electrons. The Morgan fingerprint density at radius 2 is 2.27 bits per heavy atom. The van der Waals surface area contributed by atoms with E-state index in [1.807, 2.05) is 24.3 Å². The first-order valence-electron chi connectivity index (χ1n) is 4.97. The number of urea groups is 1. The molecule has 15 heavy (non-hydrogen) atoms. The smallest absolute Gasteiger partial charge is 0.318 e. The van der Waals surface area contributed by atoms with Crippen LogP contribution in [0.5, 0.6) is 5.75 Å². The second-order valence-electron chi connectivity index (χ2n) is 4.15. The number of benzene rings is 1. The van der Waals surface area contributed by atoms with Gasteiger partial charge >= 0.3 is 6.03 Å². The lowest BCUT2D eigenvalue weighted by Gasteiger charge is -2.20. The maximum atomic E-state index is 11.5. The Labute approximate surface area is 87.8 Å². The third-order valence-electron chi connectivity index (χ3n) is 3.08. The molecule has 2 aliphatic heterocycles. The first-order chi connectivity index (χ1) is 7.21. The number of rotatable bonds is 0. The number of carbonyl (C=O) groups is 1. The molecule has 0 bridgehead atoms. The van der Waals surface area contributed by atoms with Gasteiger partial charge in [0.2, 0.25) is 0 Å². The molecule has 78 valence electrons. The highest BCUT2D eigenvalue weighted by molar-refractivity contribution is 5.78. The van der Waals surface area contributed by atoms with Gasteiger partial charge in [0.1, 0.15) is 17.9 Å². The molecule has 1 aromatic carbocycles. The largest absolute Gasteiger partial charge is 0.490 e. The lowest BCUT2D eigenvalue weighted by atomic mass is 9.93. The van der Waals surface area contributed by atoms with Gasteiger partial charge in [0.25, 0.3) is 0 Å². The first-order valence-corrected chi connectivity index (χ1v) is 4.97. The van der Waals surface area contributed by atoms with Crippen molar-refractivity contribution >= 4 is 6.03 Å². The Kier molecular flexibility index (Phi) is 1.52. The fourth-order valence-corrected chi connectivity index (χ4v) is 2.32. The van der Waals surface area contributed by atoms with Crippen molar-refractivity contribution in [3.8, 4) is 5.75 Å². The van der Waals surface area contributed by atoms with Crippen molar-refractivity contribution in [2.75, 3.05) is 20.2 Å². The van der Waals surface area contributed by atoms with E-state index in [1.165, 1.54) is 0 Å². The van der Waals surface area contributed by atoms with Crippen LogP contribution in [-0.2, 0) is 5.54 Å². The van der Waals surface area contributed by atoms with Gasteiger partial charge < -0.3 is 15.0 Å². The van der Waals surface area contributed by atoms with Crippen LogP contribution >= 0.6 is 0 Å². The monoisotopic (exact) mass is 204 g/mol. The summed E-state index contributed by atoms with van der Waals surface area (Å²) in [6.07, 6.45) is 0. The van der Waals surface area contributed by atoms with Crippen molar-refractivity contribution in [1.82, 2.24) is 10.2 Å². The first kappa shape index (κ1) is 8.59. The van der Waals surface area contributed by atoms with Crippen LogP contribution in [0.2, 0.25) is 0 Å². The number of para-hydroxylation sites is 1. The van der Waals surface area contributed by atoms with E-state index in [0.717, 1.165) is 11.3 Å². The molecule has 2 amide bonds. The number of fused-ring (bicyclic) bond motifs is 2. The third-order valence-corrected chi connectivity index (χ3v) is 3.08. The Balaban J connectivity index is 2.07. The molecular weight excluding hydrogens is 192 g/mol. The molecular formula is C11H12N2O2. The maximum Gasteiger partial charge on any atom is 0.318 e. The molecule has 1 saturated heterocycles. The molecule has 4 nitrogen and oxygen atoms in total. The molecule has 2 aliphatic rings. The van der Waals surface area contributed by atoms with Gasteiger partial charge in [0.05, 0.1) is 6.54 Å². The summed E-state index contributed by atoms with van der Waals surface area (Å²) in [7, 11) is 1.80. The van der Waals surface area contributed by atoms with Crippen molar-refractivity contribution in [2.45, 2.75) is 5.54 Å². The minimum atomic E-state index is -0.331. The maximum absolute atomic E-state index is 11.5. The average Bonchev–Trinajstić information content (AvgIpc) is 2.72. The molecule has 1 aromatic rings. The van der Waals surface area contributed by atoms with Crippen LogP contribution < -0.4 is 10.1 Å². The SMILES string of the molecule is CN1CC2(COc3ccccc32)NC1=O. The normalized spacial score (nSPS) is 27.8. The van der Waals surface area contributed by atoms with Crippen LogP contribution in [0.1, 0.15) is 5.56 Å². The zero-order valence-corrected chi connectivity index (χ0v) is 8.49. The quantitative estimate of drug-likeness (QED) is 0.683. The standard InChI is InChI=1S/C11H12N2O2/c1-13-6-11(12-10(13)14)7-15-9-5-3-2-4-8(9)11/h2-5H,6-7H2,1H3,(H,12,14). The second-order valence-corrected chi connectivity index (χ2v) is 4.15. The van der Waals surface area contributed by atoms with E-state index in [0.29, 0.717) is 13.2 Å². The van der Waals surface area contributed by atoms with Gasteiger partial charge in [-0.1, -0.05) is 18.2 Å². The minimum Gasteiger partial charge on any atom is -0.490 e. The summed E-state index contributed by atoms with van der Waals surface area (Å²) in [5.41, 5.74) is 0.755. The van der Waals surface area contributed by atoms with Gasteiger partial charge in [-0.25, -0.2) is 4.79 Å². The minimum absolute atomic E-state index is 0.0321. The molecule has 1 N–H and O–H groups in total. The summed E-state index contributed by atoms with van der Waals surface area (Å²) in [4.78, 5) is 13.2. The van der Waals surface area contributed by atoms with E-state index in [2.05, 4.69) is 5.32 Å². The topological polar surface area (TPSA) is 41.6 Å². The summed E-state index contributed by atoms with van der Waals surface area (Å²) in [5.74, 6) is 0.883. The number of nitrogens with one attached hydrogen (secondary N) is 1. The highest BCUT2D eigenvalue weighted by Crippen LogP contribution is 2.39. The summed E-state index contributed by atoms with van der Waals surface area (Å²) in [5, 5.41) is 3.00. The Morgan fingerprint density at radius 3 is 3.00 bits per heavy atom. The van der Waals surface area contributed by atoms with E-state index < -0.39 is 0 Å². The highest BCUT2D eigenvalue weighted by Gasteiger charge is 2.48. The van der Waals surface area contributed by atoms with Gasteiger partial charge in [-0.2, -0.15) is 0 Å². The van der Waals surface area contributed by atoms with Crippen LogP contribution in [0, 0.1) is 0 Å². The molecule has 0 aliphatic carbocycles. The van der Waals surface area contributed by atoms with Crippen LogP contribution in [0.15, 0.2) is 24.3 Å². The van der Waals surface area contributed by atoms with E-state index in [9.17, 15) is 4.79 Å². The number of amides is 2. The summed E-state index contributed by atoms with van der Waals surface area (Å²) in [6, 6.07) is 7.84. The van der Waals surface area contributed by atoms with E-state index in [-0.39, 0.29) is 11.6 Å². The van der Waals surface area contributed by atoms with Crippen molar-refractivity contribution in [2.24, 2.45) is 0 Å². The van der Waals surface area contributed by atoms with Crippen LogP contribution in [0.4, 0.5) is 4.79 Å². The van der Waals surface area contributed by atoms with Gasteiger partial charge in [0, 0.05) is 12.6 Å². The Hall–Kier alpha value is -1.71.